The van der Waals surface area contributed by atoms with Crippen molar-refractivity contribution in [3.05, 3.63) is 0 Å². The van der Waals surface area contributed by atoms with Crippen LogP contribution < -0.4 is 0 Å². The second-order valence-electron chi connectivity index (χ2n) is 0.610. The molecule has 0 fully saturated rings. The largest absolute Gasteiger partial charge is 0.870 e. The number of hydrogen-bond donors (Lipinski definition) is 2. The van der Waals surface area contributed by atoms with Gasteiger partial charge in [-0.1, -0.05) is 0 Å². The molecule has 0 aromatic heterocycles. The van der Waals surface area contributed by atoms with Gasteiger partial charge in [-0.15, -0.1) is 0 Å². The standard InChI is InChI=1S/C2H2O4.H2O.Tb/c3-1(4)2(5)6;;/h(H,3,4)(H,5,6);1H2;/p-1. The Morgan fingerprint density at radius 3 is 1.12 bits per heavy atom. The van der Waals surface area contributed by atoms with Crippen molar-refractivity contribution in [3.8, 4) is 0 Å². The Balaban J connectivity index is -0.000000125. The van der Waals surface area contributed by atoms with Crippen molar-refractivity contribution in [3.63, 3.8) is 0 Å². The van der Waals surface area contributed by atoms with Gasteiger partial charge in [0.25, 0.3) is 0 Å². The molecule has 0 bridgehead atoms. The van der Waals surface area contributed by atoms with Gasteiger partial charge in [0.05, 0.1) is 0 Å². The van der Waals surface area contributed by atoms with Gasteiger partial charge in [0.15, 0.2) is 0 Å². The molecule has 0 saturated carbocycles. The Bertz CT molecular complexity index is 76.4. The van der Waals surface area contributed by atoms with Crippen LogP contribution in [0, 0.1) is 38.6 Å². The third-order valence-electron chi connectivity index (χ3n) is 0.183. The summed E-state index contributed by atoms with van der Waals surface area (Å²) < 4.78 is 0. The number of hydrogen-bond acceptors (Lipinski definition) is 3. The van der Waals surface area contributed by atoms with Crippen LogP contribution in [0.25, 0.3) is 0 Å². The van der Waals surface area contributed by atoms with E-state index in [1.54, 1.807) is 0 Å². The molecule has 0 aromatic carbocycles. The van der Waals surface area contributed by atoms with Crippen LogP contribution in [0.4, 0.5) is 0 Å². The first-order valence-electron chi connectivity index (χ1n) is 1.11. The van der Waals surface area contributed by atoms with E-state index in [4.69, 9.17) is 19.8 Å². The van der Waals surface area contributed by atoms with Crippen LogP contribution >= 0.6 is 0 Å². The number of rotatable bonds is 0. The quantitative estimate of drug-likeness (QED) is 0.546. The van der Waals surface area contributed by atoms with E-state index in [9.17, 15) is 0 Å². The molecule has 0 rings (SSSR count). The Labute approximate surface area is 75.4 Å². The molecule has 0 unspecified atom stereocenters. The second kappa shape index (κ2) is 7.19. The average molecular weight is 266 g/mol. The molecule has 51 valence electrons. The first-order chi connectivity index (χ1) is 2.64. The minimum atomic E-state index is -1.82. The number of carbonyl (C=O) groups is 2. The predicted molar refractivity (Wildman–Crippen MR) is 17.2 cm³/mol. The van der Waals surface area contributed by atoms with E-state index in [0.717, 1.165) is 0 Å². The van der Waals surface area contributed by atoms with Crippen LogP contribution in [0.15, 0.2) is 0 Å². The maximum Gasteiger partial charge on any atom is 0.414 e. The third kappa shape index (κ3) is 9.49. The molecular formula is C2H3O5Tb-. The van der Waals surface area contributed by atoms with Gasteiger partial charge < -0.3 is 15.7 Å². The van der Waals surface area contributed by atoms with Gasteiger partial charge in [0.1, 0.15) is 0 Å². The summed E-state index contributed by atoms with van der Waals surface area (Å²) in [7, 11) is 0. The number of carboxylic acids is 2. The fourth-order valence-electron chi connectivity index (χ4n) is 0. The fourth-order valence-corrected chi connectivity index (χ4v) is 0. The van der Waals surface area contributed by atoms with E-state index in [1.807, 2.05) is 0 Å². The minimum Gasteiger partial charge on any atom is -0.870 e. The molecule has 0 heterocycles. The van der Waals surface area contributed by atoms with Gasteiger partial charge in [0.2, 0.25) is 0 Å². The number of carboxylic acid groups (broad SMARTS) is 2. The summed E-state index contributed by atoms with van der Waals surface area (Å²) in [6, 6.07) is 0. The van der Waals surface area contributed by atoms with Crippen LogP contribution in [0.1, 0.15) is 0 Å². The monoisotopic (exact) mass is 266 g/mol. The molecule has 0 aliphatic carbocycles. The summed E-state index contributed by atoms with van der Waals surface area (Å²) >= 11 is 0. The molecule has 8 heavy (non-hydrogen) atoms. The van der Waals surface area contributed by atoms with Crippen LogP contribution in [0.3, 0.4) is 0 Å². The van der Waals surface area contributed by atoms with Gasteiger partial charge >= 0.3 is 11.9 Å². The molecule has 1 radical (unpaired) electrons. The summed E-state index contributed by atoms with van der Waals surface area (Å²) in [6.45, 7) is 0. The summed E-state index contributed by atoms with van der Waals surface area (Å²) in [5.74, 6) is -3.65. The Kier molecular flexibility index (Phi) is 14.1. The van der Waals surface area contributed by atoms with Crippen molar-refractivity contribution in [1.29, 1.82) is 0 Å². The molecule has 0 saturated heterocycles. The van der Waals surface area contributed by atoms with Gasteiger partial charge in [-0.25, -0.2) is 9.59 Å². The predicted octanol–water partition coefficient (Wildman–Crippen LogP) is -1.02. The zero-order valence-electron chi connectivity index (χ0n) is 3.49. The fraction of sp³-hybridized carbons (Fsp3) is 0. The van der Waals surface area contributed by atoms with E-state index >= 15 is 0 Å². The molecule has 3 N–H and O–H groups in total. The van der Waals surface area contributed by atoms with Crippen molar-refractivity contribution >= 4 is 11.9 Å². The average Bonchev–Trinajstić information content (AvgIpc) is 1.36. The Hall–Kier alpha value is 0.186. The Morgan fingerprint density at radius 1 is 1.00 bits per heavy atom. The van der Waals surface area contributed by atoms with Gasteiger partial charge in [-0.05, 0) is 0 Å². The second-order valence-corrected chi connectivity index (χ2v) is 0.610. The first-order valence-corrected chi connectivity index (χ1v) is 1.11. The van der Waals surface area contributed by atoms with Crippen molar-refractivity contribution in [2.24, 2.45) is 0 Å². The van der Waals surface area contributed by atoms with E-state index < -0.39 is 11.9 Å². The van der Waals surface area contributed by atoms with E-state index in [2.05, 4.69) is 0 Å². The molecule has 0 amide bonds. The van der Waals surface area contributed by atoms with Gasteiger partial charge in [-0.3, -0.25) is 0 Å². The first kappa shape index (κ1) is 15.7. The van der Waals surface area contributed by atoms with Gasteiger partial charge in [-0.2, -0.15) is 0 Å². The molecular weight excluding hydrogens is 263 g/mol. The van der Waals surface area contributed by atoms with Crippen molar-refractivity contribution in [1.82, 2.24) is 0 Å². The maximum atomic E-state index is 9.10. The van der Waals surface area contributed by atoms with Crippen molar-refractivity contribution < 1.29 is 63.9 Å². The van der Waals surface area contributed by atoms with Crippen LogP contribution in [-0.2, 0) is 9.59 Å². The molecule has 0 atom stereocenters. The molecule has 5 nitrogen and oxygen atoms in total. The van der Waals surface area contributed by atoms with Crippen LogP contribution in [0.2, 0.25) is 0 Å². The smallest absolute Gasteiger partial charge is 0.414 e. The van der Waals surface area contributed by atoms with Crippen LogP contribution in [-0.4, -0.2) is 27.6 Å². The molecule has 0 aromatic rings. The normalized spacial score (nSPS) is 5.50. The number of aliphatic carboxylic acids is 2. The third-order valence-corrected chi connectivity index (χ3v) is 0.183. The molecule has 0 aliphatic heterocycles. The van der Waals surface area contributed by atoms with Crippen molar-refractivity contribution in [2.75, 3.05) is 0 Å². The Morgan fingerprint density at radius 2 is 1.12 bits per heavy atom. The van der Waals surface area contributed by atoms with E-state index in [-0.39, 0.29) is 44.1 Å². The summed E-state index contributed by atoms with van der Waals surface area (Å²) in [5.41, 5.74) is 0. The summed E-state index contributed by atoms with van der Waals surface area (Å²) in [5, 5.41) is 14.8. The molecule has 0 aliphatic rings. The topological polar surface area (TPSA) is 105 Å². The SMILES string of the molecule is O=C(O)C(=O)O.[OH-].[Tb]. The molecule has 6 heteroatoms. The zero-order valence-corrected chi connectivity index (χ0v) is 5.63. The van der Waals surface area contributed by atoms with E-state index in [1.165, 1.54) is 0 Å². The van der Waals surface area contributed by atoms with E-state index in [0.29, 0.717) is 0 Å². The van der Waals surface area contributed by atoms with Gasteiger partial charge in [0, 0.05) is 38.6 Å². The maximum absolute atomic E-state index is 9.10. The molecule has 0 spiro atoms. The zero-order chi connectivity index (χ0) is 5.15. The van der Waals surface area contributed by atoms with Crippen molar-refractivity contribution in [2.45, 2.75) is 0 Å². The van der Waals surface area contributed by atoms with Crippen LogP contribution in [0.5, 0.6) is 0 Å². The minimum absolute atomic E-state index is 0. The summed E-state index contributed by atoms with van der Waals surface area (Å²) in [4.78, 5) is 18.2. The summed E-state index contributed by atoms with van der Waals surface area (Å²) in [6.07, 6.45) is 0.